The summed E-state index contributed by atoms with van der Waals surface area (Å²) in [6.45, 7) is 3.73. The van der Waals surface area contributed by atoms with Gasteiger partial charge in [0.05, 0.1) is 12.6 Å². The summed E-state index contributed by atoms with van der Waals surface area (Å²) >= 11 is 3.44. The number of hydrogen-bond donors (Lipinski definition) is 1. The van der Waals surface area contributed by atoms with Crippen LogP contribution in [0.4, 0.5) is 0 Å². The third-order valence-electron chi connectivity index (χ3n) is 3.55. The zero-order valence-electron chi connectivity index (χ0n) is 11.7. The molecule has 0 radical (unpaired) electrons. The van der Waals surface area contributed by atoms with Gasteiger partial charge in [0.25, 0.3) is 0 Å². The molecule has 1 aliphatic rings. The largest absolute Gasteiger partial charge is 0.491 e. The Morgan fingerprint density at radius 2 is 2.32 bits per heavy atom. The molecule has 2 rings (SSSR count). The maximum Gasteiger partial charge on any atom is 0.152 e. The average molecular weight is 328 g/mol. The van der Waals surface area contributed by atoms with Gasteiger partial charge in [0, 0.05) is 12.7 Å². The maximum absolute atomic E-state index is 5.62. The summed E-state index contributed by atoms with van der Waals surface area (Å²) < 4.78 is 6.40. The highest BCUT2D eigenvalue weighted by molar-refractivity contribution is 9.10. The zero-order valence-corrected chi connectivity index (χ0v) is 13.2. The van der Waals surface area contributed by atoms with E-state index in [9.17, 15) is 0 Å². The minimum atomic E-state index is 0.382. The van der Waals surface area contributed by atoms with Crippen molar-refractivity contribution in [2.24, 2.45) is 0 Å². The molecule has 0 aliphatic carbocycles. The molecule has 0 bridgehead atoms. The first-order chi connectivity index (χ1) is 9.26. The van der Waals surface area contributed by atoms with E-state index in [1.165, 1.54) is 24.8 Å². The normalized spacial score (nSPS) is 21.1. The van der Waals surface area contributed by atoms with Crippen LogP contribution in [0, 0.1) is 0 Å². The van der Waals surface area contributed by atoms with Gasteiger partial charge in [-0.1, -0.05) is 12.8 Å². The van der Waals surface area contributed by atoms with Crippen LogP contribution in [0.2, 0.25) is 0 Å². The Morgan fingerprint density at radius 3 is 3.05 bits per heavy atom. The summed E-state index contributed by atoms with van der Waals surface area (Å²) in [4.78, 5) is 4.41. The van der Waals surface area contributed by atoms with Crippen molar-refractivity contribution < 1.29 is 4.74 Å². The molecule has 1 aliphatic heterocycles. The summed E-state index contributed by atoms with van der Waals surface area (Å²) in [5.74, 6) is 0.834. The van der Waals surface area contributed by atoms with Crippen LogP contribution in [0.1, 0.15) is 44.2 Å². The molecule has 1 aromatic heterocycles. The van der Waals surface area contributed by atoms with Crippen LogP contribution in [0.15, 0.2) is 16.9 Å². The number of rotatable bonds is 4. The van der Waals surface area contributed by atoms with E-state index < -0.39 is 0 Å². The fraction of sp³-hybridized carbons (Fsp3) is 0.643. The SMILES string of the molecule is CCOc1cc(C2CCCCCN2NC)cnc1Br. The Labute approximate surface area is 123 Å². The second-order valence-corrected chi connectivity index (χ2v) is 5.52. The first kappa shape index (κ1) is 14.8. The smallest absolute Gasteiger partial charge is 0.152 e. The standard InChI is InChI=1S/C14H22BrN3O/c1-3-19-13-9-11(10-17-14(13)15)12-7-5-4-6-8-18(12)16-2/h9-10,12,16H,3-8H2,1-2H3. The van der Waals surface area contributed by atoms with Gasteiger partial charge in [0.1, 0.15) is 4.60 Å². The molecule has 106 valence electrons. The quantitative estimate of drug-likeness (QED) is 0.861. The molecule has 4 nitrogen and oxygen atoms in total. The van der Waals surface area contributed by atoms with Gasteiger partial charge in [-0.15, -0.1) is 0 Å². The molecule has 0 spiro atoms. The lowest BCUT2D eigenvalue weighted by Crippen LogP contribution is -2.38. The third-order valence-corrected chi connectivity index (χ3v) is 4.15. The Kier molecular flexibility index (Phi) is 5.60. The van der Waals surface area contributed by atoms with Crippen molar-refractivity contribution in [1.82, 2.24) is 15.4 Å². The molecular weight excluding hydrogens is 306 g/mol. The molecule has 1 N–H and O–H groups in total. The summed E-state index contributed by atoms with van der Waals surface area (Å²) in [7, 11) is 1.99. The summed E-state index contributed by atoms with van der Waals surface area (Å²) in [5, 5.41) is 2.31. The van der Waals surface area contributed by atoms with E-state index >= 15 is 0 Å². The molecule has 2 heterocycles. The van der Waals surface area contributed by atoms with Crippen LogP contribution >= 0.6 is 15.9 Å². The average Bonchev–Trinajstić information content (AvgIpc) is 2.66. The predicted octanol–water partition coefficient (Wildman–Crippen LogP) is 3.29. The summed E-state index contributed by atoms with van der Waals surface area (Å²) in [6.07, 6.45) is 6.93. The van der Waals surface area contributed by atoms with E-state index in [0.29, 0.717) is 12.6 Å². The number of pyridine rings is 1. The Balaban J connectivity index is 2.25. The number of aromatic nitrogens is 1. The molecule has 19 heavy (non-hydrogen) atoms. The number of nitrogens with one attached hydrogen (secondary N) is 1. The fourth-order valence-electron chi connectivity index (χ4n) is 2.60. The third kappa shape index (κ3) is 3.68. The summed E-state index contributed by atoms with van der Waals surface area (Å²) in [6, 6.07) is 2.49. The second kappa shape index (κ2) is 7.22. The van der Waals surface area contributed by atoms with E-state index in [-0.39, 0.29) is 0 Å². The number of nitrogens with zero attached hydrogens (tertiary/aromatic N) is 2. The molecular formula is C14H22BrN3O. The lowest BCUT2D eigenvalue weighted by molar-refractivity contribution is 0.142. The first-order valence-corrected chi connectivity index (χ1v) is 7.77. The van der Waals surface area contributed by atoms with E-state index in [0.717, 1.165) is 23.3 Å². The highest BCUT2D eigenvalue weighted by Gasteiger charge is 2.22. The van der Waals surface area contributed by atoms with Crippen molar-refractivity contribution in [3.05, 3.63) is 22.4 Å². The molecule has 1 fully saturated rings. The lowest BCUT2D eigenvalue weighted by atomic mass is 10.0. The Hall–Kier alpha value is -0.650. The van der Waals surface area contributed by atoms with Crippen molar-refractivity contribution in [3.63, 3.8) is 0 Å². The fourth-order valence-corrected chi connectivity index (χ4v) is 2.94. The van der Waals surface area contributed by atoms with Gasteiger partial charge in [-0.2, -0.15) is 0 Å². The van der Waals surface area contributed by atoms with E-state index in [1.807, 2.05) is 20.2 Å². The van der Waals surface area contributed by atoms with Crippen LogP contribution in [0.25, 0.3) is 0 Å². The molecule has 1 atom stereocenters. The Morgan fingerprint density at radius 1 is 1.47 bits per heavy atom. The number of halogens is 1. The number of hydrazine groups is 1. The molecule has 5 heteroatoms. The van der Waals surface area contributed by atoms with Gasteiger partial charge in [-0.05, 0) is 54.4 Å². The summed E-state index contributed by atoms with van der Waals surface area (Å²) in [5.41, 5.74) is 4.54. The van der Waals surface area contributed by atoms with Crippen LogP contribution in [-0.2, 0) is 0 Å². The van der Waals surface area contributed by atoms with E-state index in [2.05, 4.69) is 37.4 Å². The predicted molar refractivity (Wildman–Crippen MR) is 80.1 cm³/mol. The van der Waals surface area contributed by atoms with Gasteiger partial charge < -0.3 is 4.74 Å². The topological polar surface area (TPSA) is 37.4 Å². The lowest BCUT2D eigenvalue weighted by Gasteiger charge is -2.29. The van der Waals surface area contributed by atoms with Crippen LogP contribution in [0.3, 0.4) is 0 Å². The van der Waals surface area contributed by atoms with Crippen LogP contribution < -0.4 is 10.2 Å². The van der Waals surface area contributed by atoms with E-state index in [4.69, 9.17) is 4.74 Å². The van der Waals surface area contributed by atoms with Gasteiger partial charge in [0.15, 0.2) is 5.75 Å². The monoisotopic (exact) mass is 327 g/mol. The molecule has 1 saturated heterocycles. The second-order valence-electron chi connectivity index (χ2n) is 4.77. The molecule has 1 unspecified atom stereocenters. The zero-order chi connectivity index (χ0) is 13.7. The molecule has 0 aromatic carbocycles. The highest BCUT2D eigenvalue weighted by atomic mass is 79.9. The minimum Gasteiger partial charge on any atom is -0.491 e. The van der Waals surface area contributed by atoms with Crippen LogP contribution in [0.5, 0.6) is 5.75 Å². The van der Waals surface area contributed by atoms with Gasteiger partial charge in [0.2, 0.25) is 0 Å². The Bertz CT molecular complexity index is 414. The van der Waals surface area contributed by atoms with E-state index in [1.54, 1.807) is 0 Å². The van der Waals surface area contributed by atoms with Crippen molar-refractivity contribution >= 4 is 15.9 Å². The van der Waals surface area contributed by atoms with Gasteiger partial charge in [-0.25, -0.2) is 9.99 Å². The van der Waals surface area contributed by atoms with Crippen molar-refractivity contribution in [2.45, 2.75) is 38.6 Å². The maximum atomic E-state index is 5.62. The molecule has 0 amide bonds. The van der Waals surface area contributed by atoms with Crippen LogP contribution in [-0.4, -0.2) is 30.2 Å². The molecule has 0 saturated carbocycles. The first-order valence-electron chi connectivity index (χ1n) is 6.98. The van der Waals surface area contributed by atoms with Gasteiger partial charge >= 0.3 is 0 Å². The van der Waals surface area contributed by atoms with Gasteiger partial charge in [-0.3, -0.25) is 5.43 Å². The van der Waals surface area contributed by atoms with Crippen molar-refractivity contribution in [1.29, 1.82) is 0 Å². The number of ether oxygens (including phenoxy) is 1. The molecule has 1 aromatic rings. The number of hydrogen-bond acceptors (Lipinski definition) is 4. The highest BCUT2D eigenvalue weighted by Crippen LogP contribution is 2.32. The van der Waals surface area contributed by atoms with Crippen molar-refractivity contribution in [3.8, 4) is 5.75 Å². The van der Waals surface area contributed by atoms with Crippen molar-refractivity contribution in [2.75, 3.05) is 20.2 Å². The minimum absolute atomic E-state index is 0.382.